The standard InChI is InChI=1S/C16H18N2O2S/c1-3-11-9-16(2,20-14(11)19)13-10-21-15(18-13)17-12-7-5-4-6-8-12/h4-8,10-11H,3,9H2,1-2H3,(H,17,18)/t11-,16-/m1/s1. The molecule has 1 aliphatic rings. The van der Waals surface area contributed by atoms with E-state index < -0.39 is 5.60 Å². The Morgan fingerprint density at radius 3 is 2.86 bits per heavy atom. The van der Waals surface area contributed by atoms with E-state index >= 15 is 0 Å². The van der Waals surface area contributed by atoms with Gasteiger partial charge in [-0.2, -0.15) is 0 Å². The summed E-state index contributed by atoms with van der Waals surface area (Å²) in [5, 5.41) is 6.05. The summed E-state index contributed by atoms with van der Waals surface area (Å²) in [7, 11) is 0. The van der Waals surface area contributed by atoms with E-state index in [0.29, 0.717) is 6.42 Å². The van der Waals surface area contributed by atoms with Gasteiger partial charge in [0, 0.05) is 17.5 Å². The predicted octanol–water partition coefficient (Wildman–Crippen LogP) is 4.08. The zero-order valence-electron chi connectivity index (χ0n) is 12.1. The van der Waals surface area contributed by atoms with Crippen LogP contribution < -0.4 is 5.32 Å². The molecule has 0 saturated carbocycles. The second kappa shape index (κ2) is 5.48. The van der Waals surface area contributed by atoms with Crippen molar-refractivity contribution in [3.63, 3.8) is 0 Å². The molecule has 0 aliphatic carbocycles. The normalized spacial score (nSPS) is 24.9. The second-order valence-corrected chi connectivity index (χ2v) is 6.35. The molecule has 2 heterocycles. The Labute approximate surface area is 128 Å². The van der Waals surface area contributed by atoms with Crippen molar-refractivity contribution in [1.29, 1.82) is 0 Å². The topological polar surface area (TPSA) is 51.2 Å². The maximum atomic E-state index is 11.8. The molecule has 0 bridgehead atoms. The van der Waals surface area contributed by atoms with E-state index in [-0.39, 0.29) is 11.9 Å². The molecule has 21 heavy (non-hydrogen) atoms. The summed E-state index contributed by atoms with van der Waals surface area (Å²) in [4.78, 5) is 16.4. The summed E-state index contributed by atoms with van der Waals surface area (Å²) in [6.07, 6.45) is 1.52. The van der Waals surface area contributed by atoms with E-state index in [2.05, 4.69) is 10.3 Å². The highest BCUT2D eigenvalue weighted by Crippen LogP contribution is 2.41. The van der Waals surface area contributed by atoms with Crippen LogP contribution >= 0.6 is 11.3 Å². The van der Waals surface area contributed by atoms with Crippen molar-refractivity contribution >= 4 is 28.1 Å². The molecule has 2 atom stereocenters. The predicted molar refractivity (Wildman–Crippen MR) is 83.7 cm³/mol. The number of esters is 1. The monoisotopic (exact) mass is 302 g/mol. The Balaban J connectivity index is 1.78. The molecule has 0 unspecified atom stereocenters. The number of carbonyl (C=O) groups excluding carboxylic acids is 1. The maximum absolute atomic E-state index is 11.8. The molecule has 0 spiro atoms. The summed E-state index contributed by atoms with van der Waals surface area (Å²) in [6, 6.07) is 9.91. The average Bonchev–Trinajstić information content (AvgIpc) is 3.05. The smallest absolute Gasteiger partial charge is 0.310 e. The molecule has 1 aliphatic heterocycles. The molecule has 0 radical (unpaired) electrons. The molecule has 1 aromatic carbocycles. The minimum Gasteiger partial charge on any atom is -0.453 e. The van der Waals surface area contributed by atoms with Gasteiger partial charge in [0.15, 0.2) is 10.7 Å². The Bertz CT molecular complexity index is 641. The summed E-state index contributed by atoms with van der Waals surface area (Å²) in [5.41, 5.74) is 1.24. The minimum atomic E-state index is -0.592. The summed E-state index contributed by atoms with van der Waals surface area (Å²) < 4.78 is 5.58. The number of hydrogen-bond donors (Lipinski definition) is 1. The minimum absolute atomic E-state index is 0.0118. The third-order valence-electron chi connectivity index (χ3n) is 3.86. The lowest BCUT2D eigenvalue weighted by Crippen LogP contribution is -2.21. The van der Waals surface area contributed by atoms with Gasteiger partial charge >= 0.3 is 5.97 Å². The number of anilines is 2. The Hall–Kier alpha value is -1.88. The van der Waals surface area contributed by atoms with Gasteiger partial charge in [-0.1, -0.05) is 25.1 Å². The molecule has 2 aromatic rings. The summed E-state index contributed by atoms with van der Waals surface area (Å²) in [6.45, 7) is 3.96. The van der Waals surface area contributed by atoms with Crippen LogP contribution in [0.3, 0.4) is 0 Å². The summed E-state index contributed by atoms with van der Waals surface area (Å²) in [5.74, 6) is -0.118. The van der Waals surface area contributed by atoms with Gasteiger partial charge in [0.05, 0.1) is 11.6 Å². The van der Waals surface area contributed by atoms with E-state index in [1.165, 1.54) is 11.3 Å². The molecule has 0 amide bonds. The molecule has 1 aromatic heterocycles. The van der Waals surface area contributed by atoms with Crippen molar-refractivity contribution in [2.45, 2.75) is 32.3 Å². The number of ether oxygens (including phenoxy) is 1. The Morgan fingerprint density at radius 2 is 2.19 bits per heavy atom. The van der Waals surface area contributed by atoms with Crippen molar-refractivity contribution in [3.05, 3.63) is 41.4 Å². The van der Waals surface area contributed by atoms with Crippen LogP contribution in [-0.4, -0.2) is 11.0 Å². The van der Waals surface area contributed by atoms with E-state index in [1.807, 2.05) is 49.6 Å². The third kappa shape index (κ3) is 2.78. The van der Waals surface area contributed by atoms with E-state index in [0.717, 1.165) is 22.9 Å². The second-order valence-electron chi connectivity index (χ2n) is 5.49. The number of rotatable bonds is 4. The number of aromatic nitrogens is 1. The number of para-hydroxylation sites is 1. The molecule has 1 saturated heterocycles. The number of nitrogens with zero attached hydrogens (tertiary/aromatic N) is 1. The molecule has 3 rings (SSSR count). The molecule has 4 nitrogen and oxygen atoms in total. The van der Waals surface area contributed by atoms with Crippen molar-refractivity contribution < 1.29 is 9.53 Å². The van der Waals surface area contributed by atoms with Gasteiger partial charge in [-0.05, 0) is 25.5 Å². The first kappa shape index (κ1) is 14.1. The fraction of sp³-hybridized carbons (Fsp3) is 0.375. The highest BCUT2D eigenvalue weighted by Gasteiger charge is 2.45. The van der Waals surface area contributed by atoms with Crippen LogP contribution in [0.25, 0.3) is 0 Å². The number of nitrogens with one attached hydrogen (secondary N) is 1. The lowest BCUT2D eigenvalue weighted by Gasteiger charge is -2.19. The van der Waals surface area contributed by atoms with Crippen molar-refractivity contribution in [1.82, 2.24) is 4.98 Å². The van der Waals surface area contributed by atoms with Crippen LogP contribution in [0.1, 0.15) is 32.4 Å². The fourth-order valence-electron chi connectivity index (χ4n) is 2.59. The van der Waals surface area contributed by atoms with Crippen molar-refractivity contribution in [3.8, 4) is 0 Å². The van der Waals surface area contributed by atoms with Crippen LogP contribution in [0, 0.1) is 5.92 Å². The fourth-order valence-corrected chi connectivity index (χ4v) is 3.44. The van der Waals surface area contributed by atoms with Crippen molar-refractivity contribution in [2.24, 2.45) is 5.92 Å². The quantitative estimate of drug-likeness (QED) is 0.865. The van der Waals surface area contributed by atoms with Gasteiger partial charge in [-0.15, -0.1) is 11.3 Å². The molecular weight excluding hydrogens is 284 g/mol. The number of hydrogen-bond acceptors (Lipinski definition) is 5. The highest BCUT2D eigenvalue weighted by atomic mass is 32.1. The zero-order valence-corrected chi connectivity index (χ0v) is 12.9. The van der Waals surface area contributed by atoms with Crippen LogP contribution in [0.2, 0.25) is 0 Å². The molecule has 1 N–H and O–H groups in total. The first-order valence-electron chi connectivity index (χ1n) is 7.11. The van der Waals surface area contributed by atoms with E-state index in [1.54, 1.807) is 0 Å². The average molecular weight is 302 g/mol. The molecule has 110 valence electrons. The van der Waals surface area contributed by atoms with Gasteiger partial charge in [-0.3, -0.25) is 4.79 Å². The number of benzene rings is 1. The number of cyclic esters (lactones) is 1. The SMILES string of the molecule is CC[C@@H]1C[C@](C)(c2csc(Nc3ccccc3)n2)OC1=O. The van der Waals surface area contributed by atoms with Crippen molar-refractivity contribution in [2.75, 3.05) is 5.32 Å². The number of carbonyl (C=O) groups is 1. The molecule has 1 fully saturated rings. The van der Waals surface area contributed by atoms with Gasteiger partial charge in [-0.25, -0.2) is 4.98 Å². The first-order chi connectivity index (χ1) is 10.1. The largest absolute Gasteiger partial charge is 0.453 e. The zero-order chi connectivity index (χ0) is 14.9. The lowest BCUT2D eigenvalue weighted by atomic mass is 9.92. The van der Waals surface area contributed by atoms with E-state index in [9.17, 15) is 4.79 Å². The first-order valence-corrected chi connectivity index (χ1v) is 7.99. The maximum Gasteiger partial charge on any atom is 0.310 e. The lowest BCUT2D eigenvalue weighted by molar-refractivity contribution is -0.150. The molecule has 5 heteroatoms. The van der Waals surface area contributed by atoms with Crippen LogP contribution in [-0.2, 0) is 15.1 Å². The van der Waals surface area contributed by atoms with Gasteiger partial charge in [0.2, 0.25) is 0 Å². The number of thiazole rings is 1. The van der Waals surface area contributed by atoms with E-state index in [4.69, 9.17) is 4.74 Å². The Morgan fingerprint density at radius 1 is 1.43 bits per heavy atom. The summed E-state index contributed by atoms with van der Waals surface area (Å²) >= 11 is 1.53. The van der Waals surface area contributed by atoms with Gasteiger partial charge in [0.25, 0.3) is 0 Å². The Kier molecular flexibility index (Phi) is 3.68. The van der Waals surface area contributed by atoms with Crippen LogP contribution in [0.15, 0.2) is 35.7 Å². The van der Waals surface area contributed by atoms with Gasteiger partial charge < -0.3 is 10.1 Å². The van der Waals surface area contributed by atoms with Crippen LogP contribution in [0.5, 0.6) is 0 Å². The molecular formula is C16H18N2O2S. The highest BCUT2D eigenvalue weighted by molar-refractivity contribution is 7.13. The van der Waals surface area contributed by atoms with Crippen LogP contribution in [0.4, 0.5) is 10.8 Å². The van der Waals surface area contributed by atoms with Gasteiger partial charge in [0.1, 0.15) is 0 Å². The third-order valence-corrected chi connectivity index (χ3v) is 4.62.